The first kappa shape index (κ1) is 7.40. The highest BCUT2D eigenvalue weighted by Crippen LogP contribution is 1.80. The van der Waals surface area contributed by atoms with Gasteiger partial charge in [0.1, 0.15) is 0 Å². The molecule has 0 fully saturated rings. The molecule has 0 spiro atoms. The predicted molar refractivity (Wildman–Crippen MR) is 34.4 cm³/mol. The van der Waals surface area contributed by atoms with Crippen molar-refractivity contribution in [3.05, 3.63) is 24.8 Å². The molecule has 0 aliphatic heterocycles. The van der Waals surface area contributed by atoms with Gasteiger partial charge in [0.2, 0.25) is 0 Å². The monoisotopic (exact) mass is 113 g/mol. The van der Waals surface area contributed by atoms with E-state index in [1.807, 2.05) is 0 Å². The SMILES string of the molecule is C=CC(N)C=CCO. The number of hydrogen-bond donors (Lipinski definition) is 2. The Labute approximate surface area is 49.3 Å². The molecule has 0 amide bonds. The van der Waals surface area contributed by atoms with Gasteiger partial charge in [-0.3, -0.25) is 0 Å². The standard InChI is InChI=1S/C6H11NO/c1-2-6(7)4-3-5-8/h2-4,6,8H,1,5,7H2. The van der Waals surface area contributed by atoms with E-state index >= 15 is 0 Å². The molecule has 0 bridgehead atoms. The number of nitrogens with two attached hydrogens (primary N) is 1. The zero-order valence-electron chi connectivity index (χ0n) is 4.75. The Morgan fingerprint density at radius 3 is 2.75 bits per heavy atom. The molecule has 0 aromatic carbocycles. The van der Waals surface area contributed by atoms with Crippen LogP contribution in [0.5, 0.6) is 0 Å². The first-order valence-corrected chi connectivity index (χ1v) is 2.47. The molecule has 0 aliphatic rings. The minimum Gasteiger partial charge on any atom is -0.392 e. The molecule has 1 atom stereocenters. The van der Waals surface area contributed by atoms with E-state index in [9.17, 15) is 0 Å². The van der Waals surface area contributed by atoms with Gasteiger partial charge in [-0.1, -0.05) is 18.2 Å². The lowest BCUT2D eigenvalue weighted by Gasteiger charge is -1.92. The lowest BCUT2D eigenvalue weighted by Crippen LogP contribution is -2.12. The van der Waals surface area contributed by atoms with Crippen LogP contribution in [0, 0.1) is 0 Å². The van der Waals surface area contributed by atoms with Gasteiger partial charge >= 0.3 is 0 Å². The second kappa shape index (κ2) is 4.56. The molecule has 0 saturated heterocycles. The van der Waals surface area contributed by atoms with E-state index in [-0.39, 0.29) is 12.6 Å². The summed E-state index contributed by atoms with van der Waals surface area (Å²) in [6, 6.07) is -0.123. The van der Waals surface area contributed by atoms with E-state index in [0.29, 0.717) is 0 Å². The van der Waals surface area contributed by atoms with Crippen LogP contribution in [-0.2, 0) is 0 Å². The lowest BCUT2D eigenvalue weighted by molar-refractivity contribution is 0.342. The third kappa shape index (κ3) is 3.59. The summed E-state index contributed by atoms with van der Waals surface area (Å²) in [6.07, 6.45) is 4.88. The number of aliphatic hydroxyl groups excluding tert-OH is 1. The van der Waals surface area contributed by atoms with Crippen LogP contribution < -0.4 is 5.73 Å². The highest BCUT2D eigenvalue weighted by atomic mass is 16.2. The van der Waals surface area contributed by atoms with Crippen LogP contribution >= 0.6 is 0 Å². The number of aliphatic hydroxyl groups is 1. The predicted octanol–water partition coefficient (Wildman–Crippen LogP) is 0.0482. The first-order chi connectivity index (χ1) is 3.81. The average molecular weight is 113 g/mol. The van der Waals surface area contributed by atoms with Crippen LogP contribution in [0.3, 0.4) is 0 Å². The molecule has 2 nitrogen and oxygen atoms in total. The molecule has 1 unspecified atom stereocenters. The molecule has 2 heteroatoms. The fraction of sp³-hybridized carbons (Fsp3) is 0.333. The van der Waals surface area contributed by atoms with Gasteiger partial charge in [-0.05, 0) is 0 Å². The van der Waals surface area contributed by atoms with E-state index in [1.54, 1.807) is 18.2 Å². The van der Waals surface area contributed by atoms with Gasteiger partial charge in [-0.2, -0.15) is 0 Å². The van der Waals surface area contributed by atoms with Crippen LogP contribution in [0.15, 0.2) is 24.8 Å². The van der Waals surface area contributed by atoms with Gasteiger partial charge in [0.05, 0.1) is 6.61 Å². The fourth-order valence-corrected chi connectivity index (χ4v) is 0.297. The van der Waals surface area contributed by atoms with Crippen molar-refractivity contribution in [3.8, 4) is 0 Å². The molecule has 0 radical (unpaired) electrons. The van der Waals surface area contributed by atoms with E-state index in [2.05, 4.69) is 6.58 Å². The molecular weight excluding hydrogens is 102 g/mol. The Kier molecular flexibility index (Phi) is 4.21. The smallest absolute Gasteiger partial charge is 0.0613 e. The van der Waals surface area contributed by atoms with Gasteiger partial charge in [0.15, 0.2) is 0 Å². The van der Waals surface area contributed by atoms with Crippen LogP contribution in [0.1, 0.15) is 0 Å². The summed E-state index contributed by atoms with van der Waals surface area (Å²) in [7, 11) is 0. The maximum atomic E-state index is 8.23. The largest absolute Gasteiger partial charge is 0.392 e. The molecule has 3 N–H and O–H groups in total. The zero-order chi connectivity index (χ0) is 6.41. The number of hydrogen-bond acceptors (Lipinski definition) is 2. The van der Waals surface area contributed by atoms with Crippen LogP contribution in [0.25, 0.3) is 0 Å². The van der Waals surface area contributed by atoms with Crippen LogP contribution in [-0.4, -0.2) is 17.8 Å². The normalized spacial score (nSPS) is 14.2. The molecule has 0 rings (SSSR count). The van der Waals surface area contributed by atoms with Crippen molar-refractivity contribution in [2.75, 3.05) is 6.61 Å². The Hall–Kier alpha value is -0.600. The molecule has 0 aromatic rings. The van der Waals surface area contributed by atoms with E-state index in [0.717, 1.165) is 0 Å². The minimum atomic E-state index is -0.123. The minimum absolute atomic E-state index is 0.0432. The molecule has 0 aliphatic carbocycles. The third-order valence-corrected chi connectivity index (χ3v) is 0.736. The summed E-state index contributed by atoms with van der Waals surface area (Å²) < 4.78 is 0. The van der Waals surface area contributed by atoms with Gasteiger partial charge in [-0.25, -0.2) is 0 Å². The van der Waals surface area contributed by atoms with Gasteiger partial charge in [-0.15, -0.1) is 6.58 Å². The second-order valence-electron chi connectivity index (χ2n) is 1.42. The summed E-state index contributed by atoms with van der Waals surface area (Å²) in [6.45, 7) is 3.50. The highest BCUT2D eigenvalue weighted by Gasteiger charge is 1.82. The Bertz CT molecular complexity index is 88.5. The van der Waals surface area contributed by atoms with Crippen molar-refractivity contribution in [2.45, 2.75) is 6.04 Å². The highest BCUT2D eigenvalue weighted by molar-refractivity contribution is 5.00. The third-order valence-electron chi connectivity index (χ3n) is 0.736. The van der Waals surface area contributed by atoms with Crippen LogP contribution in [0.4, 0.5) is 0 Å². The quantitative estimate of drug-likeness (QED) is 0.508. The molecule has 8 heavy (non-hydrogen) atoms. The van der Waals surface area contributed by atoms with Crippen molar-refractivity contribution in [3.63, 3.8) is 0 Å². The summed E-state index contributed by atoms with van der Waals surface area (Å²) in [5.74, 6) is 0. The van der Waals surface area contributed by atoms with Crippen LogP contribution in [0.2, 0.25) is 0 Å². The molecule has 0 aromatic heterocycles. The average Bonchev–Trinajstić information content (AvgIpc) is 1.83. The lowest BCUT2D eigenvalue weighted by atomic mass is 10.3. The van der Waals surface area contributed by atoms with Crippen molar-refractivity contribution >= 4 is 0 Å². The molecule has 0 heterocycles. The van der Waals surface area contributed by atoms with E-state index < -0.39 is 0 Å². The zero-order valence-corrected chi connectivity index (χ0v) is 4.75. The van der Waals surface area contributed by atoms with Gasteiger partial charge in [0.25, 0.3) is 0 Å². The van der Waals surface area contributed by atoms with Crippen molar-refractivity contribution < 1.29 is 5.11 Å². The second-order valence-corrected chi connectivity index (χ2v) is 1.42. The maximum Gasteiger partial charge on any atom is 0.0613 e. The Morgan fingerprint density at radius 2 is 2.38 bits per heavy atom. The van der Waals surface area contributed by atoms with Gasteiger partial charge < -0.3 is 10.8 Å². The van der Waals surface area contributed by atoms with E-state index in [1.165, 1.54) is 0 Å². The molecular formula is C6H11NO. The van der Waals surface area contributed by atoms with Crippen molar-refractivity contribution in [2.24, 2.45) is 5.73 Å². The summed E-state index contributed by atoms with van der Waals surface area (Å²) >= 11 is 0. The fourth-order valence-electron chi connectivity index (χ4n) is 0.297. The van der Waals surface area contributed by atoms with Gasteiger partial charge in [0, 0.05) is 6.04 Å². The summed E-state index contributed by atoms with van der Waals surface area (Å²) in [5.41, 5.74) is 5.34. The Morgan fingerprint density at radius 1 is 1.75 bits per heavy atom. The van der Waals surface area contributed by atoms with Crippen molar-refractivity contribution in [1.82, 2.24) is 0 Å². The topological polar surface area (TPSA) is 46.2 Å². The summed E-state index contributed by atoms with van der Waals surface area (Å²) in [4.78, 5) is 0. The first-order valence-electron chi connectivity index (χ1n) is 2.47. The maximum absolute atomic E-state index is 8.23. The van der Waals surface area contributed by atoms with Crippen molar-refractivity contribution in [1.29, 1.82) is 0 Å². The number of rotatable bonds is 3. The van der Waals surface area contributed by atoms with E-state index in [4.69, 9.17) is 10.8 Å². The molecule has 0 saturated carbocycles. The summed E-state index contributed by atoms with van der Waals surface area (Å²) in [5, 5.41) is 8.23. The Balaban J connectivity index is 3.35. The molecule has 46 valence electrons.